The molecule has 132 valence electrons. The Morgan fingerprint density at radius 3 is 2.24 bits per heavy atom. The van der Waals surface area contributed by atoms with Gasteiger partial charge < -0.3 is 14.9 Å². The van der Waals surface area contributed by atoms with Crippen molar-refractivity contribution in [2.75, 3.05) is 13.2 Å². The second kappa shape index (κ2) is 9.13. The van der Waals surface area contributed by atoms with Gasteiger partial charge in [0.05, 0.1) is 11.8 Å². The molecular weight excluding hydrogens is 345 g/mol. The summed E-state index contributed by atoms with van der Waals surface area (Å²) in [6.45, 7) is -0.874. The van der Waals surface area contributed by atoms with Crippen molar-refractivity contribution < 1.29 is 28.3 Å². The quantitative estimate of drug-likeness (QED) is 0.696. The molecule has 0 fully saturated rings. The van der Waals surface area contributed by atoms with Crippen LogP contribution in [-0.4, -0.2) is 29.9 Å². The van der Waals surface area contributed by atoms with E-state index in [9.17, 15) is 19.0 Å². The van der Waals surface area contributed by atoms with Crippen LogP contribution in [-0.2, 0) is 25.2 Å². The zero-order valence-electron chi connectivity index (χ0n) is 13.3. The SMILES string of the molecule is O=C(CNC(=O)OCc1ccccc1)COP(=O)(O)c1ccccc1. The number of Topliss-reactive ketones (excluding diaryl/α,β-unsaturated/α-hetero) is 1. The van der Waals surface area contributed by atoms with Crippen molar-refractivity contribution in [2.24, 2.45) is 0 Å². The first-order valence-corrected chi connectivity index (χ1v) is 9.04. The summed E-state index contributed by atoms with van der Waals surface area (Å²) >= 11 is 0. The summed E-state index contributed by atoms with van der Waals surface area (Å²) in [4.78, 5) is 33.0. The molecule has 0 aliphatic heterocycles. The minimum Gasteiger partial charge on any atom is -0.445 e. The van der Waals surface area contributed by atoms with Crippen molar-refractivity contribution in [3.8, 4) is 0 Å². The van der Waals surface area contributed by atoms with Crippen molar-refractivity contribution in [2.45, 2.75) is 6.61 Å². The Morgan fingerprint density at radius 1 is 1.00 bits per heavy atom. The zero-order chi connectivity index (χ0) is 18.1. The van der Waals surface area contributed by atoms with Crippen molar-refractivity contribution in [3.05, 3.63) is 66.2 Å². The van der Waals surface area contributed by atoms with E-state index in [0.29, 0.717) is 0 Å². The van der Waals surface area contributed by atoms with Crippen LogP contribution in [0.1, 0.15) is 5.56 Å². The Labute approximate surface area is 145 Å². The molecule has 25 heavy (non-hydrogen) atoms. The largest absolute Gasteiger partial charge is 0.445 e. The number of carbonyl (C=O) groups is 2. The number of hydrogen-bond donors (Lipinski definition) is 2. The molecule has 0 saturated heterocycles. The van der Waals surface area contributed by atoms with Crippen LogP contribution in [0.5, 0.6) is 0 Å². The molecular formula is C17H18NO6P. The summed E-state index contributed by atoms with van der Waals surface area (Å²) in [6, 6.07) is 16.8. The van der Waals surface area contributed by atoms with Crippen LogP contribution in [0.25, 0.3) is 0 Å². The Bertz CT molecular complexity index is 750. The zero-order valence-corrected chi connectivity index (χ0v) is 14.2. The molecule has 0 aromatic heterocycles. The molecule has 0 bridgehead atoms. The average Bonchev–Trinajstić information content (AvgIpc) is 2.64. The first kappa shape index (κ1) is 18.9. The maximum absolute atomic E-state index is 12.0. The summed E-state index contributed by atoms with van der Waals surface area (Å²) in [5, 5.41) is 2.36. The van der Waals surface area contributed by atoms with E-state index in [1.54, 1.807) is 30.3 Å². The third kappa shape index (κ3) is 6.51. The summed E-state index contributed by atoms with van der Waals surface area (Å²) in [7, 11) is -4.06. The summed E-state index contributed by atoms with van der Waals surface area (Å²) in [6.07, 6.45) is -0.757. The molecule has 7 nitrogen and oxygen atoms in total. The van der Waals surface area contributed by atoms with Crippen molar-refractivity contribution >= 4 is 24.8 Å². The van der Waals surface area contributed by atoms with E-state index >= 15 is 0 Å². The number of carbonyl (C=O) groups excluding carboxylic acids is 2. The van der Waals surface area contributed by atoms with Crippen LogP contribution in [0, 0.1) is 0 Å². The lowest BCUT2D eigenvalue weighted by Gasteiger charge is -2.12. The number of rotatable bonds is 8. The fourth-order valence-corrected chi connectivity index (χ4v) is 2.86. The van der Waals surface area contributed by atoms with Crippen LogP contribution in [0.4, 0.5) is 4.79 Å². The average molecular weight is 363 g/mol. The molecule has 1 amide bonds. The fraction of sp³-hybridized carbons (Fsp3) is 0.176. The molecule has 0 aliphatic rings. The first-order chi connectivity index (χ1) is 12.0. The van der Waals surface area contributed by atoms with Gasteiger partial charge in [0.25, 0.3) is 0 Å². The van der Waals surface area contributed by atoms with Gasteiger partial charge >= 0.3 is 13.7 Å². The second-order valence-corrected chi connectivity index (χ2v) is 6.90. The van der Waals surface area contributed by atoms with Gasteiger partial charge in [-0.15, -0.1) is 0 Å². The van der Waals surface area contributed by atoms with Crippen molar-refractivity contribution in [1.82, 2.24) is 5.32 Å². The standard InChI is InChI=1S/C17H18NO6P/c19-15(13-24-25(21,22)16-9-5-2-6-10-16)11-18-17(20)23-12-14-7-3-1-4-8-14/h1-10H,11-13H2,(H,18,20)(H,21,22). The smallest absolute Gasteiger partial charge is 0.407 e. The summed E-state index contributed by atoms with van der Waals surface area (Å²) < 4.78 is 21.7. The minimum absolute atomic E-state index is 0.0806. The molecule has 2 aromatic rings. The molecule has 1 unspecified atom stereocenters. The van der Waals surface area contributed by atoms with Crippen molar-refractivity contribution in [1.29, 1.82) is 0 Å². The molecule has 2 N–H and O–H groups in total. The van der Waals surface area contributed by atoms with E-state index in [0.717, 1.165) is 5.56 Å². The lowest BCUT2D eigenvalue weighted by molar-refractivity contribution is -0.120. The second-order valence-electron chi connectivity index (χ2n) is 5.08. The predicted octanol–water partition coefficient (Wildman–Crippen LogP) is 2.01. The lowest BCUT2D eigenvalue weighted by Crippen LogP contribution is -2.31. The van der Waals surface area contributed by atoms with Crippen LogP contribution >= 0.6 is 7.60 Å². The normalized spacial score (nSPS) is 12.8. The molecule has 0 aliphatic carbocycles. The lowest BCUT2D eigenvalue weighted by atomic mass is 10.2. The van der Waals surface area contributed by atoms with Gasteiger partial charge in [-0.1, -0.05) is 48.5 Å². The van der Waals surface area contributed by atoms with Crippen molar-refractivity contribution in [3.63, 3.8) is 0 Å². The predicted molar refractivity (Wildman–Crippen MR) is 91.5 cm³/mol. The van der Waals surface area contributed by atoms with Gasteiger partial charge in [-0.2, -0.15) is 0 Å². The van der Waals surface area contributed by atoms with E-state index in [1.807, 2.05) is 18.2 Å². The minimum atomic E-state index is -4.06. The Morgan fingerprint density at radius 2 is 1.60 bits per heavy atom. The summed E-state index contributed by atoms with van der Waals surface area (Å²) in [5.41, 5.74) is 0.816. The molecule has 2 aromatic carbocycles. The number of benzene rings is 2. The molecule has 2 rings (SSSR count). The van der Waals surface area contributed by atoms with E-state index in [-0.39, 0.29) is 18.5 Å². The number of ketones is 1. The number of nitrogens with one attached hydrogen (secondary N) is 1. The van der Waals surface area contributed by atoms with Gasteiger partial charge in [0.15, 0.2) is 5.78 Å². The van der Waals surface area contributed by atoms with Gasteiger partial charge in [0.2, 0.25) is 0 Å². The Balaban J connectivity index is 1.70. The fourth-order valence-electron chi connectivity index (χ4n) is 1.85. The Kier molecular flexibility index (Phi) is 6.89. The number of ether oxygens (including phenoxy) is 1. The molecule has 8 heteroatoms. The highest BCUT2D eigenvalue weighted by Crippen LogP contribution is 2.40. The van der Waals surface area contributed by atoms with Crippen LogP contribution < -0.4 is 10.6 Å². The van der Waals surface area contributed by atoms with Gasteiger partial charge in [0.1, 0.15) is 13.2 Å². The van der Waals surface area contributed by atoms with Gasteiger partial charge in [0, 0.05) is 0 Å². The topological polar surface area (TPSA) is 102 Å². The van der Waals surface area contributed by atoms with E-state index in [4.69, 9.17) is 9.26 Å². The number of amides is 1. The molecule has 0 spiro atoms. The van der Waals surface area contributed by atoms with E-state index < -0.39 is 26.1 Å². The third-order valence-corrected chi connectivity index (χ3v) is 4.56. The van der Waals surface area contributed by atoms with Gasteiger partial charge in [-0.3, -0.25) is 13.9 Å². The molecule has 0 heterocycles. The van der Waals surface area contributed by atoms with E-state index in [1.165, 1.54) is 12.1 Å². The third-order valence-electron chi connectivity index (χ3n) is 3.13. The first-order valence-electron chi connectivity index (χ1n) is 7.46. The highest BCUT2D eigenvalue weighted by Gasteiger charge is 2.23. The van der Waals surface area contributed by atoms with Crippen LogP contribution in [0.2, 0.25) is 0 Å². The molecule has 0 saturated carbocycles. The van der Waals surface area contributed by atoms with Crippen LogP contribution in [0.3, 0.4) is 0 Å². The monoisotopic (exact) mass is 363 g/mol. The van der Waals surface area contributed by atoms with Crippen LogP contribution in [0.15, 0.2) is 60.7 Å². The van der Waals surface area contributed by atoms with E-state index in [2.05, 4.69) is 5.32 Å². The molecule has 0 radical (unpaired) electrons. The maximum atomic E-state index is 12.0. The summed E-state index contributed by atoms with van der Waals surface area (Å²) in [5.74, 6) is -0.554. The van der Waals surface area contributed by atoms with Gasteiger partial charge in [-0.05, 0) is 17.7 Å². The highest BCUT2D eigenvalue weighted by atomic mass is 31.2. The molecule has 1 atom stereocenters. The number of hydrogen-bond acceptors (Lipinski definition) is 5. The maximum Gasteiger partial charge on any atom is 0.407 e. The Hall–Kier alpha value is -2.47. The number of alkyl carbamates (subject to hydrolysis) is 1. The highest BCUT2D eigenvalue weighted by molar-refractivity contribution is 7.61. The van der Waals surface area contributed by atoms with Gasteiger partial charge in [-0.25, -0.2) is 4.79 Å².